The van der Waals surface area contributed by atoms with E-state index in [2.05, 4.69) is 4.99 Å². The normalized spacial score (nSPS) is 17.6. The van der Waals surface area contributed by atoms with Crippen molar-refractivity contribution in [1.82, 2.24) is 8.87 Å². The SMILES string of the molecule is CCOC(=O)Cn1c(=NC(=O)C2CCCN(S(=O)(=O)c3ccc(Cl)cc3)C2)sc2cccc(F)c21. The molecule has 0 spiro atoms. The number of hydrogen-bond donors (Lipinski definition) is 0. The lowest BCUT2D eigenvalue weighted by Crippen LogP contribution is -2.42. The van der Waals surface area contributed by atoms with Gasteiger partial charge in [0.2, 0.25) is 10.0 Å². The molecule has 8 nitrogen and oxygen atoms in total. The number of nitrogens with zero attached hydrogens (tertiary/aromatic N) is 3. The number of halogens is 2. The second-order valence-corrected chi connectivity index (χ2v) is 11.4. The van der Waals surface area contributed by atoms with E-state index in [1.165, 1.54) is 45.3 Å². The average molecular weight is 540 g/mol. The van der Waals surface area contributed by atoms with E-state index < -0.39 is 33.6 Å². The minimum Gasteiger partial charge on any atom is -0.465 e. The van der Waals surface area contributed by atoms with Gasteiger partial charge in [0.25, 0.3) is 5.91 Å². The smallest absolute Gasteiger partial charge is 0.326 e. The fourth-order valence-corrected chi connectivity index (χ4v) is 6.66. The van der Waals surface area contributed by atoms with Crippen LogP contribution in [0.5, 0.6) is 0 Å². The van der Waals surface area contributed by atoms with Gasteiger partial charge in [0.05, 0.1) is 27.6 Å². The number of sulfonamides is 1. The number of esters is 1. The van der Waals surface area contributed by atoms with Gasteiger partial charge in [0.15, 0.2) is 4.80 Å². The average Bonchev–Trinajstić information content (AvgIpc) is 3.17. The third-order valence-corrected chi connectivity index (χ3v) is 8.81. The van der Waals surface area contributed by atoms with Crippen molar-refractivity contribution in [3.05, 3.63) is 58.1 Å². The number of piperidine rings is 1. The van der Waals surface area contributed by atoms with E-state index in [0.717, 1.165) is 11.3 Å². The first-order valence-electron chi connectivity index (χ1n) is 11.0. The molecule has 1 aliphatic heterocycles. The molecule has 1 aliphatic rings. The lowest BCUT2D eigenvalue weighted by Gasteiger charge is -2.30. The van der Waals surface area contributed by atoms with Gasteiger partial charge >= 0.3 is 5.97 Å². The van der Waals surface area contributed by atoms with Crippen LogP contribution in [0.2, 0.25) is 5.02 Å². The third-order valence-electron chi connectivity index (χ3n) is 5.63. The summed E-state index contributed by atoms with van der Waals surface area (Å²) in [4.78, 5) is 29.7. The van der Waals surface area contributed by atoms with E-state index in [0.29, 0.717) is 22.6 Å². The standard InChI is InChI=1S/C23H23ClFN3O5S2/c1-2-33-20(29)14-28-21-18(25)6-3-7-19(21)34-23(28)26-22(30)15-5-4-12-27(13-15)35(31,32)17-10-8-16(24)9-11-17/h3,6-11,15H,2,4-5,12-14H2,1H3. The maximum Gasteiger partial charge on any atom is 0.326 e. The summed E-state index contributed by atoms with van der Waals surface area (Å²) in [5, 5.41) is 0.422. The maximum absolute atomic E-state index is 14.6. The summed E-state index contributed by atoms with van der Waals surface area (Å²) >= 11 is 6.95. The van der Waals surface area contributed by atoms with Gasteiger partial charge in [-0.15, -0.1) is 0 Å². The molecule has 0 saturated carbocycles. The molecule has 2 heterocycles. The third kappa shape index (κ3) is 5.48. The second-order valence-electron chi connectivity index (χ2n) is 7.97. The molecule has 186 valence electrons. The van der Waals surface area contributed by atoms with Gasteiger partial charge < -0.3 is 9.30 Å². The van der Waals surface area contributed by atoms with E-state index in [1.54, 1.807) is 13.0 Å². The molecule has 0 radical (unpaired) electrons. The number of hydrogen-bond acceptors (Lipinski definition) is 6. The number of rotatable bonds is 6. The molecule has 35 heavy (non-hydrogen) atoms. The zero-order valence-electron chi connectivity index (χ0n) is 18.8. The summed E-state index contributed by atoms with van der Waals surface area (Å²) in [6.45, 7) is 1.78. The zero-order chi connectivity index (χ0) is 25.2. The minimum absolute atomic E-state index is 0.0234. The van der Waals surface area contributed by atoms with Gasteiger partial charge in [-0.25, -0.2) is 12.8 Å². The Bertz CT molecular complexity index is 1430. The van der Waals surface area contributed by atoms with Gasteiger partial charge in [-0.05, 0) is 56.2 Å². The molecular weight excluding hydrogens is 517 g/mol. The van der Waals surface area contributed by atoms with Gasteiger partial charge in [0, 0.05) is 18.1 Å². The number of fused-ring (bicyclic) bond motifs is 1. The predicted molar refractivity (Wildman–Crippen MR) is 130 cm³/mol. The van der Waals surface area contributed by atoms with Crippen LogP contribution in [0.1, 0.15) is 19.8 Å². The van der Waals surface area contributed by atoms with E-state index >= 15 is 0 Å². The highest BCUT2D eigenvalue weighted by Gasteiger charge is 2.33. The molecule has 12 heteroatoms. The van der Waals surface area contributed by atoms with Crippen LogP contribution in [0.3, 0.4) is 0 Å². The Hall–Kier alpha value is -2.60. The number of aromatic nitrogens is 1. The topological polar surface area (TPSA) is 98.0 Å². The van der Waals surface area contributed by atoms with Gasteiger partial charge in [-0.2, -0.15) is 9.30 Å². The summed E-state index contributed by atoms with van der Waals surface area (Å²) < 4.78 is 48.8. The van der Waals surface area contributed by atoms with Crippen LogP contribution in [0.4, 0.5) is 4.39 Å². The van der Waals surface area contributed by atoms with E-state index in [1.807, 2.05) is 0 Å². The number of carbonyl (C=O) groups is 2. The van der Waals surface area contributed by atoms with Crippen molar-refractivity contribution in [3.8, 4) is 0 Å². The van der Waals surface area contributed by atoms with Gasteiger partial charge in [-0.1, -0.05) is 29.0 Å². The van der Waals surface area contributed by atoms with Crippen molar-refractivity contribution in [3.63, 3.8) is 0 Å². The van der Waals surface area contributed by atoms with Crippen LogP contribution >= 0.6 is 22.9 Å². The Balaban J connectivity index is 1.64. The molecule has 1 aromatic heterocycles. The highest BCUT2D eigenvalue weighted by molar-refractivity contribution is 7.89. The molecule has 1 saturated heterocycles. The molecule has 0 aliphatic carbocycles. The summed E-state index contributed by atoms with van der Waals surface area (Å²) in [5.41, 5.74) is 0.160. The van der Waals surface area contributed by atoms with Crippen molar-refractivity contribution < 1.29 is 27.1 Å². The summed E-state index contributed by atoms with van der Waals surface area (Å²) in [7, 11) is -3.81. The molecule has 3 aromatic rings. The lowest BCUT2D eigenvalue weighted by atomic mass is 9.99. The van der Waals surface area contributed by atoms with Gasteiger partial charge in [-0.3, -0.25) is 9.59 Å². The molecule has 1 unspecified atom stereocenters. The molecule has 1 fully saturated rings. The summed E-state index contributed by atoms with van der Waals surface area (Å²) in [6.07, 6.45) is 0.953. The number of benzene rings is 2. The van der Waals surface area contributed by atoms with E-state index in [-0.39, 0.29) is 41.5 Å². The van der Waals surface area contributed by atoms with Crippen LogP contribution in [0.25, 0.3) is 10.2 Å². The number of amides is 1. The zero-order valence-corrected chi connectivity index (χ0v) is 21.2. The summed E-state index contributed by atoms with van der Waals surface area (Å²) in [6, 6.07) is 10.3. The Morgan fingerprint density at radius 3 is 2.69 bits per heavy atom. The molecular formula is C23H23ClFN3O5S2. The Morgan fingerprint density at radius 2 is 1.97 bits per heavy atom. The van der Waals surface area contributed by atoms with E-state index in [9.17, 15) is 22.4 Å². The fourth-order valence-electron chi connectivity index (χ4n) is 3.96. The summed E-state index contributed by atoms with van der Waals surface area (Å²) in [5.74, 6) is -2.32. The van der Waals surface area contributed by atoms with Crippen molar-refractivity contribution in [1.29, 1.82) is 0 Å². The Labute approximate surface area is 210 Å². The van der Waals surface area contributed by atoms with Gasteiger partial charge in [0.1, 0.15) is 12.4 Å². The lowest BCUT2D eigenvalue weighted by molar-refractivity contribution is -0.143. The van der Waals surface area contributed by atoms with Crippen LogP contribution in [-0.2, 0) is 30.9 Å². The van der Waals surface area contributed by atoms with Crippen LogP contribution < -0.4 is 4.80 Å². The van der Waals surface area contributed by atoms with Crippen molar-refractivity contribution in [2.24, 2.45) is 10.9 Å². The molecule has 1 atom stereocenters. The van der Waals surface area contributed by atoms with Crippen LogP contribution in [0.15, 0.2) is 52.4 Å². The first-order chi connectivity index (χ1) is 16.7. The Morgan fingerprint density at radius 1 is 1.23 bits per heavy atom. The molecule has 0 bridgehead atoms. The predicted octanol–water partition coefficient (Wildman–Crippen LogP) is 3.59. The Kier molecular flexibility index (Phi) is 7.70. The largest absolute Gasteiger partial charge is 0.465 e. The molecule has 0 N–H and O–H groups in total. The van der Waals surface area contributed by atoms with E-state index in [4.69, 9.17) is 16.3 Å². The second kappa shape index (κ2) is 10.6. The number of para-hydroxylation sites is 1. The first kappa shape index (κ1) is 25.5. The monoisotopic (exact) mass is 539 g/mol. The molecule has 4 rings (SSSR count). The van der Waals surface area contributed by atoms with Crippen molar-refractivity contribution in [2.45, 2.75) is 31.2 Å². The molecule has 2 aromatic carbocycles. The fraction of sp³-hybridized carbons (Fsp3) is 0.348. The number of thiazole rings is 1. The number of carbonyl (C=O) groups excluding carboxylic acids is 2. The minimum atomic E-state index is -3.81. The van der Waals surface area contributed by atoms with Crippen LogP contribution in [-0.4, -0.2) is 48.9 Å². The highest BCUT2D eigenvalue weighted by atomic mass is 35.5. The quantitative estimate of drug-likeness (QED) is 0.446. The van der Waals surface area contributed by atoms with Crippen LogP contribution in [0, 0.1) is 11.7 Å². The van der Waals surface area contributed by atoms with Crippen molar-refractivity contribution in [2.75, 3.05) is 19.7 Å². The number of ether oxygens (including phenoxy) is 1. The van der Waals surface area contributed by atoms with Crippen molar-refractivity contribution >= 4 is 55.1 Å². The highest BCUT2D eigenvalue weighted by Crippen LogP contribution is 2.26. The first-order valence-corrected chi connectivity index (χ1v) is 13.6. The maximum atomic E-state index is 14.6. The molecule has 1 amide bonds.